The highest BCUT2D eigenvalue weighted by Crippen LogP contribution is 2.40. The first-order valence-corrected chi connectivity index (χ1v) is 14.6. The second kappa shape index (κ2) is 12.3. The molecule has 0 radical (unpaired) electrons. The van der Waals surface area contributed by atoms with Crippen LogP contribution < -0.4 is 19.5 Å². The number of amides is 1. The molecule has 1 amide bonds. The van der Waals surface area contributed by atoms with E-state index in [0.29, 0.717) is 52.6 Å². The summed E-state index contributed by atoms with van der Waals surface area (Å²) in [6, 6.07) is 13.5. The van der Waals surface area contributed by atoms with Crippen LogP contribution in [0.1, 0.15) is 24.1 Å². The Kier molecular flexibility index (Phi) is 8.31. The van der Waals surface area contributed by atoms with Gasteiger partial charge in [0.2, 0.25) is 0 Å². The zero-order chi connectivity index (χ0) is 31.0. The third kappa shape index (κ3) is 5.88. The number of likely N-dealkylation sites (tertiary alicyclic amines) is 1. The lowest BCUT2D eigenvalue weighted by atomic mass is 10.1. The summed E-state index contributed by atoms with van der Waals surface area (Å²) < 4.78 is 32.0. The van der Waals surface area contributed by atoms with Crippen LogP contribution in [0.2, 0.25) is 10.2 Å². The Morgan fingerprint density at radius 1 is 1.14 bits per heavy atom. The molecule has 2 aliphatic rings. The molecule has 2 saturated heterocycles. The molecule has 2 aromatic carbocycles. The number of nitrogens with one attached hydrogen (secondary N) is 1. The maximum atomic E-state index is 15.1. The fraction of sp³-hybridized carbons (Fsp3) is 0.290. The molecule has 2 unspecified atom stereocenters. The largest absolute Gasteiger partial charge is 0.493 e. The molecule has 1 N–H and O–H groups in total. The first-order valence-electron chi connectivity index (χ1n) is 13.8. The number of carbonyl (C=O) groups excluding carboxylic acids is 1. The predicted molar refractivity (Wildman–Crippen MR) is 163 cm³/mol. The van der Waals surface area contributed by atoms with E-state index in [4.69, 9.17) is 37.4 Å². The van der Waals surface area contributed by atoms with Gasteiger partial charge in [-0.3, -0.25) is 9.88 Å². The number of methoxy groups -OCH3 is 1. The van der Waals surface area contributed by atoms with Gasteiger partial charge in [-0.25, -0.2) is 14.2 Å². The number of piperazine rings is 1. The highest BCUT2D eigenvalue weighted by Gasteiger charge is 2.40. The monoisotopic (exact) mass is 636 g/mol. The number of nitrogens with zero attached hydrogens (tertiary/aromatic N) is 5. The first-order chi connectivity index (χ1) is 21.2. The van der Waals surface area contributed by atoms with Gasteiger partial charge >= 0.3 is 6.09 Å². The van der Waals surface area contributed by atoms with Crippen molar-refractivity contribution in [2.24, 2.45) is 0 Å². The lowest BCUT2D eigenvalue weighted by molar-refractivity contribution is 0.0820. The van der Waals surface area contributed by atoms with Crippen LogP contribution in [0.4, 0.5) is 20.6 Å². The molecule has 4 aromatic rings. The average molecular weight is 637 g/mol. The Labute approximate surface area is 262 Å². The van der Waals surface area contributed by atoms with Crippen molar-refractivity contribution in [3.8, 4) is 23.3 Å². The van der Waals surface area contributed by atoms with Crippen LogP contribution in [0, 0.1) is 17.1 Å². The molecule has 0 aliphatic carbocycles. The number of fused-ring (bicyclic) bond motifs is 3. The maximum Gasteiger partial charge on any atom is 0.415 e. The molecule has 13 heteroatoms. The molecule has 2 atom stereocenters. The van der Waals surface area contributed by atoms with Gasteiger partial charge < -0.3 is 24.4 Å². The summed E-state index contributed by atoms with van der Waals surface area (Å²) in [6.07, 6.45) is 3.01. The van der Waals surface area contributed by atoms with Crippen molar-refractivity contribution in [3.05, 3.63) is 75.9 Å². The van der Waals surface area contributed by atoms with Crippen LogP contribution in [0.3, 0.4) is 0 Å². The van der Waals surface area contributed by atoms with Gasteiger partial charge in [0.25, 0.3) is 0 Å². The minimum atomic E-state index is -0.681. The smallest absolute Gasteiger partial charge is 0.415 e. The zero-order valence-electron chi connectivity index (χ0n) is 23.8. The zero-order valence-corrected chi connectivity index (χ0v) is 25.3. The number of likely N-dealkylation sites (N-methyl/N-ethyl adjacent to an activating group) is 1. The van der Waals surface area contributed by atoms with E-state index < -0.39 is 11.9 Å². The molecular weight excluding hydrogens is 610 g/mol. The number of ether oxygens (including phenoxy) is 3. The van der Waals surface area contributed by atoms with Crippen LogP contribution in [0.25, 0.3) is 10.9 Å². The molecule has 2 fully saturated rings. The predicted octanol–water partition coefficient (Wildman–Crippen LogP) is 6.56. The molecule has 0 saturated carbocycles. The topological polar surface area (TPSA) is 113 Å². The van der Waals surface area contributed by atoms with Crippen molar-refractivity contribution < 1.29 is 23.4 Å². The molecule has 2 aliphatic heterocycles. The number of hydrogen-bond donors (Lipinski definition) is 1. The number of benzene rings is 2. The van der Waals surface area contributed by atoms with E-state index >= 15 is 4.39 Å². The Balaban J connectivity index is 1.26. The second-order valence-electron chi connectivity index (χ2n) is 10.6. The van der Waals surface area contributed by atoms with E-state index in [1.807, 2.05) is 0 Å². The number of hydrogen-bond acceptors (Lipinski definition) is 9. The second-order valence-corrected chi connectivity index (χ2v) is 11.4. The average Bonchev–Trinajstić information content (AvgIpc) is 3.20. The molecule has 10 nitrogen and oxygen atoms in total. The fourth-order valence-electron chi connectivity index (χ4n) is 5.63. The first kappa shape index (κ1) is 29.7. The van der Waals surface area contributed by atoms with Crippen molar-refractivity contribution in [1.82, 2.24) is 19.8 Å². The number of carbonyl (C=O) groups is 1. The number of nitriles is 1. The van der Waals surface area contributed by atoms with E-state index in [-0.39, 0.29) is 40.1 Å². The lowest BCUT2D eigenvalue weighted by Crippen LogP contribution is -2.54. The van der Waals surface area contributed by atoms with Crippen LogP contribution in [0.15, 0.2) is 48.7 Å². The van der Waals surface area contributed by atoms with Crippen molar-refractivity contribution in [2.45, 2.75) is 31.5 Å². The summed E-state index contributed by atoms with van der Waals surface area (Å²) in [5, 5.41) is 13.8. The summed E-state index contributed by atoms with van der Waals surface area (Å²) in [5.74, 6) is -0.304. The quantitative estimate of drug-likeness (QED) is 0.225. The minimum absolute atomic E-state index is 0.0170. The minimum Gasteiger partial charge on any atom is -0.493 e. The Bertz CT molecular complexity index is 1790. The number of anilines is 2. The van der Waals surface area contributed by atoms with Gasteiger partial charge in [-0.1, -0.05) is 29.3 Å². The third-order valence-electron chi connectivity index (χ3n) is 8.01. The molecule has 44 heavy (non-hydrogen) atoms. The highest BCUT2D eigenvalue weighted by molar-refractivity contribution is 6.33. The molecule has 0 spiro atoms. The maximum absolute atomic E-state index is 15.1. The summed E-state index contributed by atoms with van der Waals surface area (Å²) in [7, 11) is 3.54. The van der Waals surface area contributed by atoms with E-state index in [1.54, 1.807) is 35.2 Å². The molecule has 226 valence electrons. The molecule has 6 rings (SSSR count). The summed E-state index contributed by atoms with van der Waals surface area (Å²) in [4.78, 5) is 25.7. The summed E-state index contributed by atoms with van der Waals surface area (Å²) in [5.41, 5.74) is 1.63. The Morgan fingerprint density at radius 3 is 2.61 bits per heavy atom. The van der Waals surface area contributed by atoms with Crippen molar-refractivity contribution in [3.63, 3.8) is 0 Å². The van der Waals surface area contributed by atoms with E-state index in [1.165, 1.54) is 25.4 Å². The number of aromatic nitrogens is 2. The Morgan fingerprint density at radius 2 is 1.91 bits per heavy atom. The number of rotatable bonds is 7. The van der Waals surface area contributed by atoms with Gasteiger partial charge in [-0.2, -0.15) is 5.26 Å². The molecular formula is C31H27Cl2FN6O4. The number of halogens is 3. The highest BCUT2D eigenvalue weighted by atomic mass is 35.5. The normalized spacial score (nSPS) is 17.8. The SMILES string of the molecule is COc1cc2c(Nc3cc(F)c(OCc4cccc(Cl)n4)cc3Cl)c(C#N)cnc2cc1OC(=O)N1CC2CCC(C1)N2C. The van der Waals surface area contributed by atoms with E-state index in [0.717, 1.165) is 12.8 Å². The fourth-order valence-corrected chi connectivity index (χ4v) is 6.01. The van der Waals surface area contributed by atoms with Gasteiger partial charge in [0, 0.05) is 55.0 Å². The van der Waals surface area contributed by atoms with Gasteiger partial charge in [-0.05, 0) is 38.1 Å². The van der Waals surface area contributed by atoms with Crippen LogP contribution in [0.5, 0.6) is 17.2 Å². The molecule has 2 aromatic heterocycles. The van der Waals surface area contributed by atoms with Gasteiger partial charge in [0.15, 0.2) is 23.1 Å². The van der Waals surface area contributed by atoms with E-state index in [2.05, 4.69) is 33.3 Å². The standard InChI is InChI=1S/C31H27Cl2FN6O4/c1-39-19-6-7-20(39)15-40(14-19)31(41)44-28-11-24-21(8-27(28)42-2)30(17(12-35)13-36-24)38-25-10-23(34)26(9-22(25)32)43-16-18-4-3-5-29(33)37-18/h3-5,8-11,13,19-20H,6-7,14-16H2,1-2H3,(H,36,38). The van der Waals surface area contributed by atoms with Crippen molar-refractivity contribution in [1.29, 1.82) is 5.26 Å². The number of pyridine rings is 2. The van der Waals surface area contributed by atoms with Crippen LogP contribution in [-0.4, -0.2) is 65.2 Å². The van der Waals surface area contributed by atoms with Gasteiger partial charge in [0.1, 0.15) is 17.8 Å². The summed E-state index contributed by atoms with van der Waals surface area (Å²) >= 11 is 12.4. The third-order valence-corrected chi connectivity index (χ3v) is 8.53. The van der Waals surface area contributed by atoms with Gasteiger partial charge in [0.05, 0.1) is 40.3 Å². The van der Waals surface area contributed by atoms with Crippen molar-refractivity contribution >= 4 is 51.6 Å². The van der Waals surface area contributed by atoms with Crippen LogP contribution >= 0.6 is 23.2 Å². The van der Waals surface area contributed by atoms with Gasteiger partial charge in [-0.15, -0.1) is 0 Å². The lowest BCUT2D eigenvalue weighted by Gasteiger charge is -2.38. The molecule has 4 heterocycles. The van der Waals surface area contributed by atoms with Crippen LogP contribution in [-0.2, 0) is 6.61 Å². The summed E-state index contributed by atoms with van der Waals surface area (Å²) in [6.45, 7) is 1.17. The van der Waals surface area contributed by atoms with Crippen molar-refractivity contribution in [2.75, 3.05) is 32.6 Å². The van der Waals surface area contributed by atoms with E-state index in [9.17, 15) is 10.1 Å². The Hall–Kier alpha value is -4.37. The molecule has 2 bridgehead atoms.